The predicted molar refractivity (Wildman–Crippen MR) is 187 cm³/mol. The smallest absolute Gasteiger partial charge is 0.311 e. The Balaban J connectivity index is 2.34. The van der Waals surface area contributed by atoms with Crippen LogP contribution in [0, 0.1) is 35.5 Å². The van der Waals surface area contributed by atoms with Crippen LogP contribution in [0.3, 0.4) is 0 Å². The molecule has 1 unspecified atom stereocenters. The summed E-state index contributed by atoms with van der Waals surface area (Å²) in [5, 5.41) is 22.2. The molecule has 1 saturated heterocycles. The van der Waals surface area contributed by atoms with Crippen LogP contribution in [0.2, 0.25) is 0 Å². The number of aliphatic hydroxyl groups is 2. The maximum Gasteiger partial charge on any atom is 0.311 e. The average molecular weight is 684 g/mol. The van der Waals surface area contributed by atoms with E-state index in [9.17, 15) is 19.8 Å². The fourth-order valence-corrected chi connectivity index (χ4v) is 7.70. The van der Waals surface area contributed by atoms with Gasteiger partial charge in [0.2, 0.25) is 0 Å². The first-order chi connectivity index (χ1) is 22.3. The zero-order valence-corrected chi connectivity index (χ0v) is 31.8. The van der Waals surface area contributed by atoms with Crippen LogP contribution in [0.4, 0.5) is 0 Å². The highest BCUT2D eigenvalue weighted by atomic mass is 16.7. The van der Waals surface area contributed by atoms with Gasteiger partial charge in [-0.1, -0.05) is 53.0 Å². The number of rotatable bonds is 21. The standard InChI is InChI=1S/C38H69NO9/c1-13-38(45-12,19-24(4)31(40)18-17-29-15-14-16-29)20-25(5)33(48-32-21-36(9,44-11)34(41)27(7)46-32)26(6)35(42)47-28(8)37(10,43)30(22-39)23(2)3/h13,23-30,32-34,41,43H,1,14-22,39H2,2-12H3/t24-,25-,26-,27+,28-,30?,32+,33+,34+,36-,37-,38-/m1/s1. The monoisotopic (exact) mass is 683 g/mol. The topological polar surface area (TPSA) is 147 Å². The maximum absolute atomic E-state index is 13.9. The van der Waals surface area contributed by atoms with Gasteiger partial charge in [0.05, 0.1) is 29.3 Å². The predicted octanol–water partition coefficient (Wildman–Crippen LogP) is 5.60. The molecule has 0 spiro atoms. The molecule has 48 heavy (non-hydrogen) atoms. The molecule has 0 aromatic heterocycles. The molecule has 2 rings (SSSR count). The van der Waals surface area contributed by atoms with Gasteiger partial charge in [-0.25, -0.2) is 0 Å². The Bertz CT molecular complexity index is 1030. The van der Waals surface area contributed by atoms with Gasteiger partial charge in [-0.2, -0.15) is 0 Å². The van der Waals surface area contributed by atoms with Crippen molar-refractivity contribution in [2.75, 3.05) is 20.8 Å². The molecule has 0 bridgehead atoms. The number of Topliss-reactive ketones (excluding diaryl/α,β-unsaturated/α-hetero) is 1. The Morgan fingerprint density at radius 3 is 2.23 bits per heavy atom. The molecule has 0 aromatic rings. The van der Waals surface area contributed by atoms with Crippen molar-refractivity contribution < 1.29 is 43.5 Å². The summed E-state index contributed by atoms with van der Waals surface area (Å²) in [6, 6.07) is 0. The van der Waals surface area contributed by atoms with Gasteiger partial charge in [0.25, 0.3) is 0 Å². The van der Waals surface area contributed by atoms with Crippen LogP contribution in [0.1, 0.15) is 114 Å². The van der Waals surface area contributed by atoms with Crippen LogP contribution in [0.15, 0.2) is 12.7 Å². The molecule has 10 heteroatoms. The van der Waals surface area contributed by atoms with E-state index in [1.807, 2.05) is 34.6 Å². The van der Waals surface area contributed by atoms with Crippen molar-refractivity contribution in [3.05, 3.63) is 12.7 Å². The largest absolute Gasteiger partial charge is 0.459 e. The lowest BCUT2D eigenvalue weighted by Crippen LogP contribution is -2.57. The minimum Gasteiger partial charge on any atom is -0.459 e. The molecule has 4 N–H and O–H groups in total. The van der Waals surface area contributed by atoms with Crippen LogP contribution >= 0.6 is 0 Å². The van der Waals surface area contributed by atoms with E-state index in [4.69, 9.17) is 29.4 Å². The summed E-state index contributed by atoms with van der Waals surface area (Å²) in [6.45, 7) is 20.9. The SMILES string of the molecule is C=C[C@@](C[C@@H](C)C(=O)CCC1CCC1)(C[C@@H](C)[C@H](O[C@H]1C[C@@](C)(OC)[C@@H](O)[C@H](C)O1)[C@@H](C)C(=O)O[C@H](C)[C@@](C)(O)C(CN)C(C)C)OC. The highest BCUT2D eigenvalue weighted by molar-refractivity contribution is 5.80. The summed E-state index contributed by atoms with van der Waals surface area (Å²) < 4.78 is 30.5. The molecule has 1 heterocycles. The molecule has 0 aromatic carbocycles. The van der Waals surface area contributed by atoms with Crippen molar-refractivity contribution in [2.24, 2.45) is 41.2 Å². The van der Waals surface area contributed by atoms with Crippen LogP contribution in [0.25, 0.3) is 0 Å². The van der Waals surface area contributed by atoms with Gasteiger partial charge in [0, 0.05) is 38.9 Å². The van der Waals surface area contributed by atoms with Crippen molar-refractivity contribution in [3.8, 4) is 0 Å². The molecule has 2 aliphatic rings. The zero-order valence-electron chi connectivity index (χ0n) is 31.8. The first-order valence-electron chi connectivity index (χ1n) is 18.2. The molecule has 10 nitrogen and oxygen atoms in total. The van der Waals surface area contributed by atoms with Crippen molar-refractivity contribution in [2.45, 2.75) is 161 Å². The van der Waals surface area contributed by atoms with Gasteiger partial charge in [0.15, 0.2) is 6.29 Å². The fraction of sp³-hybridized carbons (Fsp3) is 0.895. The fourth-order valence-electron chi connectivity index (χ4n) is 7.70. The highest BCUT2D eigenvalue weighted by Gasteiger charge is 2.48. The van der Waals surface area contributed by atoms with Crippen molar-refractivity contribution in [1.82, 2.24) is 0 Å². The lowest BCUT2D eigenvalue weighted by Gasteiger charge is -2.46. The lowest BCUT2D eigenvalue weighted by molar-refractivity contribution is -0.296. The molecule has 1 saturated carbocycles. The van der Waals surface area contributed by atoms with Gasteiger partial charge in [-0.05, 0) is 78.2 Å². The minimum atomic E-state index is -1.35. The second-order valence-corrected chi connectivity index (χ2v) is 15.8. The molecule has 12 atom stereocenters. The van der Waals surface area contributed by atoms with Crippen LogP contribution in [-0.4, -0.2) is 90.2 Å². The van der Waals surface area contributed by atoms with Gasteiger partial charge < -0.3 is 39.6 Å². The second-order valence-electron chi connectivity index (χ2n) is 15.8. The van der Waals surface area contributed by atoms with Gasteiger partial charge in [-0.15, -0.1) is 6.58 Å². The number of methoxy groups -OCH3 is 2. The van der Waals surface area contributed by atoms with E-state index in [1.54, 1.807) is 48.0 Å². The summed E-state index contributed by atoms with van der Waals surface area (Å²) in [5.74, 6) is -1.17. The number of ether oxygens (including phenoxy) is 5. The molecule has 1 aliphatic heterocycles. The first kappa shape index (κ1) is 42.8. The lowest BCUT2D eigenvalue weighted by atomic mass is 9.77. The number of hydrogen-bond acceptors (Lipinski definition) is 10. The van der Waals surface area contributed by atoms with E-state index < -0.39 is 59.4 Å². The summed E-state index contributed by atoms with van der Waals surface area (Å²) >= 11 is 0. The zero-order chi connectivity index (χ0) is 36.6. The quantitative estimate of drug-likeness (QED) is 0.103. The van der Waals surface area contributed by atoms with E-state index in [0.717, 1.165) is 6.42 Å². The third kappa shape index (κ3) is 10.6. The molecule has 2 fully saturated rings. The molecule has 0 radical (unpaired) electrons. The van der Waals surface area contributed by atoms with Crippen molar-refractivity contribution in [1.29, 1.82) is 0 Å². The van der Waals surface area contributed by atoms with Gasteiger partial charge >= 0.3 is 5.97 Å². The van der Waals surface area contributed by atoms with E-state index in [0.29, 0.717) is 25.2 Å². The highest BCUT2D eigenvalue weighted by Crippen LogP contribution is 2.39. The third-order valence-corrected chi connectivity index (χ3v) is 11.8. The Kier molecular flexibility index (Phi) is 16.2. The number of carbonyl (C=O) groups excluding carboxylic acids is 2. The van der Waals surface area contributed by atoms with E-state index in [2.05, 4.69) is 6.58 Å². The van der Waals surface area contributed by atoms with Crippen LogP contribution < -0.4 is 5.73 Å². The maximum atomic E-state index is 13.9. The van der Waals surface area contributed by atoms with E-state index >= 15 is 0 Å². The number of nitrogens with two attached hydrogens (primary N) is 1. The normalized spacial score (nSPS) is 29.8. The Morgan fingerprint density at radius 2 is 1.75 bits per heavy atom. The summed E-state index contributed by atoms with van der Waals surface area (Å²) in [5.41, 5.74) is 2.88. The van der Waals surface area contributed by atoms with Crippen LogP contribution in [-0.2, 0) is 33.3 Å². The van der Waals surface area contributed by atoms with Gasteiger partial charge in [0.1, 0.15) is 23.6 Å². The molecular weight excluding hydrogens is 614 g/mol. The average Bonchev–Trinajstić information content (AvgIpc) is 3.00. The van der Waals surface area contributed by atoms with Crippen molar-refractivity contribution >= 4 is 11.8 Å². The molecule has 1 aliphatic carbocycles. The Morgan fingerprint density at radius 1 is 1.12 bits per heavy atom. The summed E-state index contributed by atoms with van der Waals surface area (Å²) in [7, 11) is 3.17. The minimum absolute atomic E-state index is 0.0733. The Labute approximate surface area is 290 Å². The van der Waals surface area contributed by atoms with Crippen molar-refractivity contribution in [3.63, 3.8) is 0 Å². The first-order valence-corrected chi connectivity index (χ1v) is 18.2. The number of hydrogen-bond donors (Lipinski definition) is 3. The van der Waals surface area contributed by atoms with E-state index in [-0.39, 0.29) is 42.4 Å². The number of ketones is 1. The molecule has 280 valence electrons. The molecular formula is C38H69NO9. The number of aliphatic hydroxyl groups excluding tert-OH is 1. The second kappa shape index (κ2) is 18.2. The van der Waals surface area contributed by atoms with E-state index in [1.165, 1.54) is 19.3 Å². The third-order valence-electron chi connectivity index (χ3n) is 11.8. The van der Waals surface area contributed by atoms with Crippen LogP contribution in [0.5, 0.6) is 0 Å². The Hall–Kier alpha value is -1.40. The number of carbonyl (C=O) groups is 2. The van der Waals surface area contributed by atoms with Gasteiger partial charge in [-0.3, -0.25) is 9.59 Å². The molecule has 0 amide bonds. The summed E-state index contributed by atoms with van der Waals surface area (Å²) in [4.78, 5) is 27.0. The summed E-state index contributed by atoms with van der Waals surface area (Å²) in [6.07, 6.45) is 4.25. The number of esters is 1.